The third-order valence-electron chi connectivity index (χ3n) is 4.16. The van der Waals surface area contributed by atoms with Crippen molar-refractivity contribution >= 4 is 33.8 Å². The van der Waals surface area contributed by atoms with Gasteiger partial charge >= 0.3 is 0 Å². The Kier molecular flexibility index (Phi) is 4.81. The Bertz CT molecular complexity index is 863. The van der Waals surface area contributed by atoms with Gasteiger partial charge in [0.05, 0.1) is 11.7 Å². The number of fused-ring (bicyclic) bond motifs is 1. The van der Waals surface area contributed by atoms with Crippen LogP contribution in [0, 0.1) is 6.92 Å². The van der Waals surface area contributed by atoms with Gasteiger partial charge in [0, 0.05) is 29.4 Å². The minimum atomic E-state index is 0.0975. The van der Waals surface area contributed by atoms with Gasteiger partial charge in [0.25, 0.3) is 0 Å². The number of nitrogens with one attached hydrogen (secondary N) is 2. The van der Waals surface area contributed by atoms with Crippen molar-refractivity contribution in [2.45, 2.75) is 33.4 Å². The molecule has 0 aliphatic carbocycles. The number of nitrogens with zero attached hydrogens (tertiary/aromatic N) is 2. The van der Waals surface area contributed by atoms with Crippen molar-refractivity contribution in [3.05, 3.63) is 59.9 Å². The van der Waals surface area contributed by atoms with Gasteiger partial charge in [-0.15, -0.1) is 0 Å². The lowest BCUT2D eigenvalue weighted by Gasteiger charge is -2.17. The van der Waals surface area contributed by atoms with Gasteiger partial charge in [0.15, 0.2) is 5.11 Å². The van der Waals surface area contributed by atoms with Crippen LogP contribution >= 0.6 is 12.2 Å². The fourth-order valence-corrected chi connectivity index (χ4v) is 3.17. The Morgan fingerprint density at radius 1 is 1.21 bits per heavy atom. The molecule has 124 valence electrons. The monoisotopic (exact) mass is 338 g/mol. The SMILES string of the molecule is CCn1cc(C(C)NC(=S)Nc2cccc3ccccc23)c(C)n1. The van der Waals surface area contributed by atoms with E-state index < -0.39 is 0 Å². The molecule has 0 saturated carbocycles. The normalized spacial score (nSPS) is 12.1. The zero-order valence-electron chi connectivity index (χ0n) is 14.2. The maximum atomic E-state index is 5.50. The highest BCUT2D eigenvalue weighted by molar-refractivity contribution is 7.80. The van der Waals surface area contributed by atoms with Gasteiger partial charge in [-0.25, -0.2) is 0 Å². The Labute approximate surface area is 147 Å². The van der Waals surface area contributed by atoms with E-state index in [0.717, 1.165) is 23.3 Å². The summed E-state index contributed by atoms with van der Waals surface area (Å²) in [5.41, 5.74) is 3.21. The van der Waals surface area contributed by atoms with Crippen LogP contribution in [-0.2, 0) is 6.54 Å². The molecule has 0 radical (unpaired) electrons. The summed E-state index contributed by atoms with van der Waals surface area (Å²) in [6.07, 6.45) is 2.08. The fraction of sp³-hybridized carbons (Fsp3) is 0.263. The molecule has 2 N–H and O–H groups in total. The summed E-state index contributed by atoms with van der Waals surface area (Å²) in [5.74, 6) is 0. The molecule has 2 aromatic carbocycles. The van der Waals surface area contributed by atoms with Crippen molar-refractivity contribution in [2.75, 3.05) is 5.32 Å². The summed E-state index contributed by atoms with van der Waals surface area (Å²) in [7, 11) is 0. The van der Waals surface area contributed by atoms with E-state index in [0.29, 0.717) is 5.11 Å². The van der Waals surface area contributed by atoms with Crippen molar-refractivity contribution in [1.29, 1.82) is 0 Å². The zero-order chi connectivity index (χ0) is 17.1. The number of thiocarbonyl (C=S) groups is 1. The van der Waals surface area contributed by atoms with Crippen molar-refractivity contribution in [3.8, 4) is 0 Å². The van der Waals surface area contributed by atoms with Crippen molar-refractivity contribution in [3.63, 3.8) is 0 Å². The summed E-state index contributed by atoms with van der Waals surface area (Å²) in [6.45, 7) is 7.08. The molecule has 5 heteroatoms. The average molecular weight is 338 g/mol. The first kappa shape index (κ1) is 16.5. The molecular formula is C19H22N4S. The summed E-state index contributed by atoms with van der Waals surface area (Å²) in [5, 5.41) is 14.1. The Morgan fingerprint density at radius 3 is 2.71 bits per heavy atom. The molecule has 0 fully saturated rings. The van der Waals surface area contributed by atoms with Crippen LogP contribution in [0.25, 0.3) is 10.8 Å². The van der Waals surface area contributed by atoms with E-state index >= 15 is 0 Å². The molecule has 3 aromatic rings. The van der Waals surface area contributed by atoms with Gasteiger partial charge in [-0.1, -0.05) is 36.4 Å². The number of hydrogen-bond donors (Lipinski definition) is 2. The maximum absolute atomic E-state index is 5.50. The molecule has 3 rings (SSSR count). The predicted octanol–water partition coefficient (Wildman–Crippen LogP) is 4.41. The molecule has 1 unspecified atom stereocenters. The third-order valence-corrected chi connectivity index (χ3v) is 4.38. The van der Waals surface area contributed by atoms with E-state index in [-0.39, 0.29) is 6.04 Å². The van der Waals surface area contributed by atoms with E-state index in [1.807, 2.05) is 35.9 Å². The van der Waals surface area contributed by atoms with E-state index in [4.69, 9.17) is 12.2 Å². The van der Waals surface area contributed by atoms with Gasteiger partial charge in [-0.05, 0) is 44.4 Å². The van der Waals surface area contributed by atoms with Gasteiger partial charge in [0.1, 0.15) is 0 Å². The molecular weight excluding hydrogens is 316 g/mol. The van der Waals surface area contributed by atoms with Gasteiger partial charge < -0.3 is 10.6 Å². The van der Waals surface area contributed by atoms with Crippen LogP contribution in [0.15, 0.2) is 48.7 Å². The fourth-order valence-electron chi connectivity index (χ4n) is 2.89. The highest BCUT2D eigenvalue weighted by Gasteiger charge is 2.13. The van der Waals surface area contributed by atoms with E-state index in [2.05, 4.69) is 54.0 Å². The van der Waals surface area contributed by atoms with Crippen LogP contribution in [0.1, 0.15) is 31.1 Å². The highest BCUT2D eigenvalue weighted by Crippen LogP contribution is 2.23. The van der Waals surface area contributed by atoms with E-state index in [1.54, 1.807) is 0 Å². The first-order valence-electron chi connectivity index (χ1n) is 8.17. The van der Waals surface area contributed by atoms with Crippen molar-refractivity contribution in [2.24, 2.45) is 0 Å². The topological polar surface area (TPSA) is 41.9 Å². The largest absolute Gasteiger partial charge is 0.356 e. The molecule has 4 nitrogen and oxygen atoms in total. The molecule has 0 saturated heterocycles. The second-order valence-corrected chi connectivity index (χ2v) is 6.28. The lowest BCUT2D eigenvalue weighted by Crippen LogP contribution is -2.31. The average Bonchev–Trinajstić information content (AvgIpc) is 2.96. The van der Waals surface area contributed by atoms with Crippen LogP contribution in [0.2, 0.25) is 0 Å². The van der Waals surface area contributed by atoms with Crippen LogP contribution in [0.4, 0.5) is 5.69 Å². The quantitative estimate of drug-likeness (QED) is 0.691. The summed E-state index contributed by atoms with van der Waals surface area (Å²) >= 11 is 5.50. The number of aryl methyl sites for hydroxylation is 2. The molecule has 1 atom stereocenters. The predicted molar refractivity (Wildman–Crippen MR) is 104 cm³/mol. The number of aromatic nitrogens is 2. The first-order chi connectivity index (χ1) is 11.6. The minimum absolute atomic E-state index is 0.0975. The molecule has 24 heavy (non-hydrogen) atoms. The van der Waals surface area contributed by atoms with Crippen molar-refractivity contribution < 1.29 is 0 Å². The van der Waals surface area contributed by atoms with Gasteiger partial charge in [-0.3, -0.25) is 4.68 Å². The second-order valence-electron chi connectivity index (χ2n) is 5.87. The first-order valence-corrected chi connectivity index (χ1v) is 8.58. The smallest absolute Gasteiger partial charge is 0.171 e. The van der Waals surface area contributed by atoms with Gasteiger partial charge in [0.2, 0.25) is 0 Å². The molecule has 0 aliphatic heterocycles. The van der Waals surface area contributed by atoms with Crippen molar-refractivity contribution in [1.82, 2.24) is 15.1 Å². The number of hydrogen-bond acceptors (Lipinski definition) is 2. The Morgan fingerprint density at radius 2 is 1.96 bits per heavy atom. The Balaban J connectivity index is 1.74. The minimum Gasteiger partial charge on any atom is -0.356 e. The summed E-state index contributed by atoms with van der Waals surface area (Å²) < 4.78 is 1.95. The molecule has 1 aromatic heterocycles. The highest BCUT2D eigenvalue weighted by atomic mass is 32.1. The summed E-state index contributed by atoms with van der Waals surface area (Å²) in [4.78, 5) is 0. The summed E-state index contributed by atoms with van der Waals surface area (Å²) in [6, 6.07) is 14.5. The lowest BCUT2D eigenvalue weighted by molar-refractivity contribution is 0.651. The van der Waals surface area contributed by atoms with E-state index in [1.165, 1.54) is 10.9 Å². The molecule has 0 aliphatic rings. The maximum Gasteiger partial charge on any atom is 0.171 e. The van der Waals surface area contributed by atoms with Crippen LogP contribution in [0.5, 0.6) is 0 Å². The molecule has 0 spiro atoms. The number of rotatable bonds is 4. The zero-order valence-corrected chi connectivity index (χ0v) is 15.0. The van der Waals surface area contributed by atoms with E-state index in [9.17, 15) is 0 Å². The second kappa shape index (κ2) is 7.01. The van der Waals surface area contributed by atoms with Gasteiger partial charge in [-0.2, -0.15) is 5.10 Å². The van der Waals surface area contributed by atoms with Crippen LogP contribution in [0.3, 0.4) is 0 Å². The third kappa shape index (κ3) is 3.41. The number of benzene rings is 2. The number of anilines is 1. The molecule has 0 amide bonds. The van der Waals surface area contributed by atoms with Crippen LogP contribution < -0.4 is 10.6 Å². The standard InChI is InChI=1S/C19H22N4S/c1-4-23-12-17(14(3)22-23)13(2)20-19(24)21-18-11-7-9-15-8-5-6-10-16(15)18/h5-13H,4H2,1-3H3,(H2,20,21,24). The lowest BCUT2D eigenvalue weighted by atomic mass is 10.1. The Hall–Kier alpha value is -2.40. The van der Waals surface area contributed by atoms with Crippen LogP contribution in [-0.4, -0.2) is 14.9 Å². The molecule has 1 heterocycles. The molecule has 0 bridgehead atoms.